The van der Waals surface area contributed by atoms with E-state index in [9.17, 15) is 4.79 Å². The number of carbonyl (C=O) groups excluding carboxylic acids is 1. The minimum Gasteiger partial charge on any atom is -0.352 e. The lowest BCUT2D eigenvalue weighted by molar-refractivity contribution is 0.0945. The maximum absolute atomic E-state index is 12.5. The molecule has 1 fully saturated rings. The van der Waals surface area contributed by atoms with Gasteiger partial charge in [-0.2, -0.15) is 0 Å². The maximum Gasteiger partial charge on any atom is 0.251 e. The van der Waals surface area contributed by atoms with Crippen LogP contribution in [0.3, 0.4) is 0 Å². The number of nitrogens with one attached hydrogen (secondary N) is 1. The van der Waals surface area contributed by atoms with E-state index < -0.39 is 0 Å². The number of aromatic nitrogens is 2. The van der Waals surface area contributed by atoms with Gasteiger partial charge in [0.2, 0.25) is 5.95 Å². The van der Waals surface area contributed by atoms with Crippen molar-refractivity contribution in [3.63, 3.8) is 0 Å². The molecule has 1 saturated heterocycles. The number of benzene rings is 2. The first-order valence-electron chi connectivity index (χ1n) is 9.08. The summed E-state index contributed by atoms with van der Waals surface area (Å²) in [6, 6.07) is 15.8. The molecule has 1 aromatic heterocycles. The van der Waals surface area contributed by atoms with Gasteiger partial charge in [0.25, 0.3) is 5.91 Å². The van der Waals surface area contributed by atoms with E-state index in [1.165, 1.54) is 0 Å². The molecule has 1 amide bonds. The molecule has 3 aromatic rings. The summed E-state index contributed by atoms with van der Waals surface area (Å²) in [5.41, 5.74) is 0.721. The fourth-order valence-electron chi connectivity index (χ4n) is 3.46. The van der Waals surface area contributed by atoms with Crippen LogP contribution in [0.25, 0.3) is 10.8 Å². The van der Waals surface area contributed by atoms with E-state index in [1.807, 2.05) is 42.5 Å². The molecule has 0 saturated carbocycles. The standard InChI is InChI=1S/C21H22N4O/c26-20(19-7-6-17-4-1-2-5-18(17)14-19)24-15-16-8-12-25(13-9-16)21-22-10-3-11-23-21/h1-7,10-11,14,16H,8-9,12-13,15H2,(H,24,26). The van der Waals surface area contributed by atoms with Crippen molar-refractivity contribution in [2.24, 2.45) is 5.92 Å². The second-order valence-corrected chi connectivity index (χ2v) is 6.75. The highest BCUT2D eigenvalue weighted by Crippen LogP contribution is 2.20. The van der Waals surface area contributed by atoms with Gasteiger partial charge >= 0.3 is 0 Å². The highest BCUT2D eigenvalue weighted by molar-refractivity contribution is 5.98. The zero-order valence-electron chi connectivity index (χ0n) is 14.6. The second kappa shape index (κ2) is 7.52. The van der Waals surface area contributed by atoms with Crippen molar-refractivity contribution in [1.82, 2.24) is 15.3 Å². The SMILES string of the molecule is O=C(NCC1CCN(c2ncccn2)CC1)c1ccc2ccccc2c1. The number of nitrogens with zero attached hydrogens (tertiary/aromatic N) is 3. The van der Waals surface area contributed by atoms with Gasteiger partial charge in [-0.3, -0.25) is 4.79 Å². The Bertz CT molecular complexity index is 889. The third kappa shape index (κ3) is 3.67. The third-order valence-electron chi connectivity index (χ3n) is 5.01. The monoisotopic (exact) mass is 346 g/mol. The zero-order chi connectivity index (χ0) is 17.8. The van der Waals surface area contributed by atoms with E-state index in [2.05, 4.69) is 26.3 Å². The molecule has 0 atom stereocenters. The van der Waals surface area contributed by atoms with Crippen molar-refractivity contribution in [2.75, 3.05) is 24.5 Å². The van der Waals surface area contributed by atoms with Crippen LogP contribution >= 0.6 is 0 Å². The van der Waals surface area contributed by atoms with Crippen molar-refractivity contribution >= 4 is 22.6 Å². The van der Waals surface area contributed by atoms with E-state index in [-0.39, 0.29) is 5.91 Å². The van der Waals surface area contributed by atoms with Crippen LogP contribution in [-0.4, -0.2) is 35.5 Å². The minimum atomic E-state index is 0.00424. The first-order valence-corrected chi connectivity index (χ1v) is 9.08. The molecule has 0 unspecified atom stereocenters. The van der Waals surface area contributed by atoms with Crippen molar-refractivity contribution in [3.8, 4) is 0 Å². The van der Waals surface area contributed by atoms with Gasteiger partial charge in [-0.05, 0) is 47.7 Å². The molecule has 1 N–H and O–H groups in total. The second-order valence-electron chi connectivity index (χ2n) is 6.75. The summed E-state index contributed by atoms with van der Waals surface area (Å²) in [6.07, 6.45) is 5.63. The van der Waals surface area contributed by atoms with Crippen LogP contribution in [0.2, 0.25) is 0 Å². The van der Waals surface area contributed by atoms with Crippen LogP contribution in [0.4, 0.5) is 5.95 Å². The van der Waals surface area contributed by atoms with E-state index in [4.69, 9.17) is 0 Å². The van der Waals surface area contributed by atoms with Crippen LogP contribution in [0.15, 0.2) is 60.9 Å². The summed E-state index contributed by atoms with van der Waals surface area (Å²) in [4.78, 5) is 23.3. The molecule has 5 heteroatoms. The maximum atomic E-state index is 12.5. The average molecular weight is 346 g/mol. The number of hydrogen-bond donors (Lipinski definition) is 1. The number of hydrogen-bond acceptors (Lipinski definition) is 4. The van der Waals surface area contributed by atoms with Gasteiger partial charge in [-0.25, -0.2) is 9.97 Å². The number of fused-ring (bicyclic) bond motifs is 1. The molecular formula is C21H22N4O. The van der Waals surface area contributed by atoms with Crippen LogP contribution < -0.4 is 10.2 Å². The van der Waals surface area contributed by atoms with Gasteiger partial charge in [0.05, 0.1) is 0 Å². The molecule has 0 aliphatic carbocycles. The summed E-state index contributed by atoms with van der Waals surface area (Å²) < 4.78 is 0. The largest absolute Gasteiger partial charge is 0.352 e. The average Bonchev–Trinajstić information content (AvgIpc) is 2.72. The van der Waals surface area contributed by atoms with Crippen molar-refractivity contribution < 1.29 is 4.79 Å². The highest BCUT2D eigenvalue weighted by atomic mass is 16.1. The van der Waals surface area contributed by atoms with Crippen molar-refractivity contribution in [1.29, 1.82) is 0 Å². The summed E-state index contributed by atoms with van der Waals surface area (Å²) in [5.74, 6) is 1.30. The number of anilines is 1. The molecule has 26 heavy (non-hydrogen) atoms. The predicted molar refractivity (Wildman–Crippen MR) is 103 cm³/mol. The lowest BCUT2D eigenvalue weighted by Crippen LogP contribution is -2.39. The first kappa shape index (κ1) is 16.5. The molecule has 0 radical (unpaired) electrons. The number of piperidine rings is 1. The fraction of sp³-hybridized carbons (Fsp3) is 0.286. The quantitative estimate of drug-likeness (QED) is 0.788. The van der Waals surface area contributed by atoms with Crippen LogP contribution in [0, 0.1) is 5.92 Å². The molecular weight excluding hydrogens is 324 g/mol. The smallest absolute Gasteiger partial charge is 0.251 e. The number of rotatable bonds is 4. The van der Waals surface area contributed by atoms with Crippen LogP contribution in [0.1, 0.15) is 23.2 Å². The van der Waals surface area contributed by atoms with E-state index in [1.54, 1.807) is 12.4 Å². The lowest BCUT2D eigenvalue weighted by atomic mass is 9.97. The Morgan fingerprint density at radius 2 is 1.73 bits per heavy atom. The molecule has 5 nitrogen and oxygen atoms in total. The van der Waals surface area contributed by atoms with Gasteiger partial charge in [0.15, 0.2) is 0 Å². The van der Waals surface area contributed by atoms with E-state index in [0.717, 1.165) is 54.8 Å². The minimum absolute atomic E-state index is 0.00424. The van der Waals surface area contributed by atoms with Crippen molar-refractivity contribution in [2.45, 2.75) is 12.8 Å². The highest BCUT2D eigenvalue weighted by Gasteiger charge is 2.21. The normalized spacial score (nSPS) is 15.2. The molecule has 0 spiro atoms. The van der Waals surface area contributed by atoms with E-state index >= 15 is 0 Å². The van der Waals surface area contributed by atoms with Gasteiger partial charge < -0.3 is 10.2 Å². The topological polar surface area (TPSA) is 58.1 Å². The fourth-order valence-corrected chi connectivity index (χ4v) is 3.46. The Kier molecular flexibility index (Phi) is 4.78. The molecule has 4 rings (SSSR count). The van der Waals surface area contributed by atoms with Gasteiger partial charge in [-0.1, -0.05) is 30.3 Å². The Morgan fingerprint density at radius 1 is 1.00 bits per heavy atom. The Hall–Kier alpha value is -2.95. The Balaban J connectivity index is 1.31. The van der Waals surface area contributed by atoms with E-state index in [0.29, 0.717) is 5.92 Å². The predicted octanol–water partition coefficient (Wildman–Crippen LogP) is 3.28. The Morgan fingerprint density at radius 3 is 2.50 bits per heavy atom. The Labute approximate surface area is 153 Å². The molecule has 132 valence electrons. The molecule has 2 aromatic carbocycles. The first-order chi connectivity index (χ1) is 12.8. The summed E-state index contributed by atoms with van der Waals surface area (Å²) in [7, 11) is 0. The molecule has 1 aliphatic rings. The number of amides is 1. The van der Waals surface area contributed by atoms with Crippen molar-refractivity contribution in [3.05, 3.63) is 66.5 Å². The number of carbonyl (C=O) groups is 1. The van der Waals surface area contributed by atoms with Gasteiger partial charge in [0, 0.05) is 37.6 Å². The summed E-state index contributed by atoms with van der Waals surface area (Å²) >= 11 is 0. The summed E-state index contributed by atoms with van der Waals surface area (Å²) in [5, 5.41) is 5.35. The van der Waals surface area contributed by atoms with Crippen LogP contribution in [-0.2, 0) is 0 Å². The third-order valence-corrected chi connectivity index (χ3v) is 5.01. The van der Waals surface area contributed by atoms with Gasteiger partial charge in [0.1, 0.15) is 0 Å². The molecule has 2 heterocycles. The molecule has 1 aliphatic heterocycles. The summed E-state index contributed by atoms with van der Waals surface area (Å²) in [6.45, 7) is 2.58. The lowest BCUT2D eigenvalue weighted by Gasteiger charge is -2.31. The zero-order valence-corrected chi connectivity index (χ0v) is 14.6. The van der Waals surface area contributed by atoms with Gasteiger partial charge in [-0.15, -0.1) is 0 Å². The van der Waals surface area contributed by atoms with Crippen LogP contribution in [0.5, 0.6) is 0 Å². The molecule has 0 bridgehead atoms.